The molecule has 10 nitrogen and oxygen atoms in total. The molecule has 0 spiro atoms. The van der Waals surface area contributed by atoms with Gasteiger partial charge in [0.15, 0.2) is 6.61 Å². The van der Waals surface area contributed by atoms with Crippen molar-refractivity contribution in [2.24, 2.45) is 5.92 Å². The second-order valence-electron chi connectivity index (χ2n) is 11.7. The van der Waals surface area contributed by atoms with Gasteiger partial charge in [-0.3, -0.25) is 19.3 Å². The van der Waals surface area contributed by atoms with Gasteiger partial charge < -0.3 is 24.6 Å². The maximum atomic E-state index is 14.0. The Hall–Kier alpha value is -3.92. The lowest BCUT2D eigenvalue weighted by Gasteiger charge is -2.35. The Morgan fingerprint density at radius 2 is 1.67 bits per heavy atom. The molecule has 1 heterocycles. The lowest BCUT2D eigenvalue weighted by molar-refractivity contribution is -0.143. The Morgan fingerprint density at radius 1 is 1.00 bits per heavy atom. The number of esters is 1. The van der Waals surface area contributed by atoms with Crippen LogP contribution in [-0.4, -0.2) is 104 Å². The Kier molecular flexibility index (Phi) is 12.5. The summed E-state index contributed by atoms with van der Waals surface area (Å²) in [5.41, 5.74) is 1.31. The highest BCUT2D eigenvalue weighted by Gasteiger charge is 2.37. The summed E-state index contributed by atoms with van der Waals surface area (Å²) >= 11 is 0. The summed E-state index contributed by atoms with van der Waals surface area (Å²) in [6, 6.07) is 15.3. The van der Waals surface area contributed by atoms with E-state index in [0.717, 1.165) is 18.4 Å². The van der Waals surface area contributed by atoms with E-state index in [-0.39, 0.29) is 47.7 Å². The van der Waals surface area contributed by atoms with E-state index in [0.29, 0.717) is 25.9 Å². The number of nitrogens with one attached hydrogen (secondary N) is 1. The van der Waals surface area contributed by atoms with E-state index in [4.69, 9.17) is 4.74 Å². The summed E-state index contributed by atoms with van der Waals surface area (Å²) in [6.07, 6.45) is 2.70. The van der Waals surface area contributed by atoms with Crippen LogP contribution in [-0.2, 0) is 25.5 Å². The second kappa shape index (κ2) is 16.1. The number of likely N-dealkylation sites (tertiary alicyclic amines) is 1. The fourth-order valence-electron chi connectivity index (χ4n) is 5.45. The minimum Gasteiger partial charge on any atom is -0.481 e. The number of ether oxygens (including phenoxy) is 2. The number of carbonyl (C=O) groups excluding carboxylic acids is 4. The molecule has 0 saturated carbocycles. The van der Waals surface area contributed by atoms with E-state index in [1.165, 1.54) is 7.11 Å². The first-order chi connectivity index (χ1) is 20.5. The predicted octanol–water partition coefficient (Wildman–Crippen LogP) is 3.01. The first-order valence-corrected chi connectivity index (χ1v) is 14.9. The molecule has 2 aromatic carbocycles. The molecular formula is C33H46N4O6. The van der Waals surface area contributed by atoms with Crippen LogP contribution in [0.15, 0.2) is 54.6 Å². The predicted molar refractivity (Wildman–Crippen MR) is 165 cm³/mol. The molecule has 43 heavy (non-hydrogen) atoms. The number of benzene rings is 2. The molecule has 2 aromatic rings. The Balaban J connectivity index is 1.76. The third kappa shape index (κ3) is 9.54. The van der Waals surface area contributed by atoms with Crippen molar-refractivity contribution in [3.05, 3.63) is 65.7 Å². The van der Waals surface area contributed by atoms with Crippen LogP contribution in [0.25, 0.3) is 0 Å². The first kappa shape index (κ1) is 33.6. The van der Waals surface area contributed by atoms with Crippen LogP contribution in [0, 0.1) is 5.92 Å². The van der Waals surface area contributed by atoms with Gasteiger partial charge in [-0.15, -0.1) is 0 Å². The fraction of sp³-hybridized carbons (Fsp3) is 0.515. The number of para-hydroxylation sites is 1. The van der Waals surface area contributed by atoms with Gasteiger partial charge in [-0.2, -0.15) is 0 Å². The number of hydrogen-bond donors (Lipinski definition) is 1. The highest BCUT2D eigenvalue weighted by molar-refractivity contribution is 5.99. The van der Waals surface area contributed by atoms with Gasteiger partial charge in [0.05, 0.1) is 18.7 Å². The molecule has 0 aliphatic carbocycles. The van der Waals surface area contributed by atoms with Crippen LogP contribution in [0.5, 0.6) is 5.75 Å². The first-order valence-electron chi connectivity index (χ1n) is 14.9. The van der Waals surface area contributed by atoms with E-state index in [9.17, 15) is 19.2 Å². The van der Waals surface area contributed by atoms with E-state index in [2.05, 4.69) is 15.0 Å². The lowest BCUT2D eigenvalue weighted by Crippen LogP contribution is -2.54. The van der Waals surface area contributed by atoms with Crippen molar-refractivity contribution in [3.8, 4) is 5.75 Å². The van der Waals surface area contributed by atoms with E-state index in [1.807, 2.05) is 56.1 Å². The Bertz CT molecular complexity index is 1230. The molecule has 0 radical (unpaired) electrons. The molecule has 3 amide bonds. The van der Waals surface area contributed by atoms with Crippen LogP contribution in [0.3, 0.4) is 0 Å². The topological polar surface area (TPSA) is 108 Å². The molecule has 1 aliphatic heterocycles. The van der Waals surface area contributed by atoms with Crippen molar-refractivity contribution in [1.82, 2.24) is 20.0 Å². The summed E-state index contributed by atoms with van der Waals surface area (Å²) in [4.78, 5) is 57.8. The average Bonchev–Trinajstić information content (AvgIpc) is 3.45. The maximum absolute atomic E-state index is 14.0. The summed E-state index contributed by atoms with van der Waals surface area (Å²) in [5.74, 6) is -0.753. The molecule has 0 bridgehead atoms. The van der Waals surface area contributed by atoms with Gasteiger partial charge in [-0.1, -0.05) is 56.3 Å². The Labute approximate surface area is 255 Å². The number of hydrogen-bond acceptors (Lipinski definition) is 7. The summed E-state index contributed by atoms with van der Waals surface area (Å²) in [6.45, 7) is 4.81. The van der Waals surface area contributed by atoms with Gasteiger partial charge in [-0.05, 0) is 56.3 Å². The van der Waals surface area contributed by atoms with E-state index < -0.39 is 17.9 Å². The SMILES string of the molecule is COC(=O)COc1ccccc1C(=O)N[C@H](CC(C)C)C(=O)N1CCC[C@@H]1CN(C)[C@@H](Cc1ccccc1)C(=O)N(C)C. The third-order valence-electron chi connectivity index (χ3n) is 7.70. The fourth-order valence-corrected chi connectivity index (χ4v) is 5.45. The molecule has 0 unspecified atom stereocenters. The van der Waals surface area contributed by atoms with Gasteiger partial charge >= 0.3 is 5.97 Å². The van der Waals surface area contributed by atoms with Crippen molar-refractivity contribution in [2.45, 2.75) is 57.7 Å². The number of amides is 3. The van der Waals surface area contributed by atoms with Crippen molar-refractivity contribution < 1.29 is 28.7 Å². The summed E-state index contributed by atoms with van der Waals surface area (Å²) < 4.78 is 10.2. The van der Waals surface area contributed by atoms with Gasteiger partial charge in [0, 0.05) is 33.2 Å². The quantitative estimate of drug-likeness (QED) is 0.335. The smallest absolute Gasteiger partial charge is 0.343 e. The minimum absolute atomic E-state index is 0.0141. The van der Waals surface area contributed by atoms with Crippen LogP contribution in [0.2, 0.25) is 0 Å². The van der Waals surface area contributed by atoms with Crippen LogP contribution < -0.4 is 10.1 Å². The molecular weight excluding hydrogens is 548 g/mol. The van der Waals surface area contributed by atoms with Gasteiger partial charge in [0.25, 0.3) is 5.91 Å². The number of likely N-dealkylation sites (N-methyl/N-ethyl adjacent to an activating group) is 2. The minimum atomic E-state index is -0.740. The highest BCUT2D eigenvalue weighted by atomic mass is 16.6. The molecule has 234 valence electrons. The third-order valence-corrected chi connectivity index (χ3v) is 7.70. The van der Waals surface area contributed by atoms with Crippen LogP contribution >= 0.6 is 0 Å². The van der Waals surface area contributed by atoms with E-state index in [1.54, 1.807) is 43.3 Å². The monoisotopic (exact) mass is 594 g/mol. The summed E-state index contributed by atoms with van der Waals surface area (Å²) in [5, 5.41) is 2.95. The second-order valence-corrected chi connectivity index (χ2v) is 11.7. The molecule has 3 rings (SSSR count). The summed E-state index contributed by atoms with van der Waals surface area (Å²) in [7, 11) is 6.72. The van der Waals surface area contributed by atoms with Gasteiger partial charge in [-0.25, -0.2) is 4.79 Å². The van der Waals surface area contributed by atoms with Crippen LogP contribution in [0.4, 0.5) is 0 Å². The molecule has 1 fully saturated rings. The zero-order valence-electron chi connectivity index (χ0n) is 26.2. The average molecular weight is 595 g/mol. The number of carbonyl (C=O) groups is 4. The zero-order chi connectivity index (χ0) is 31.5. The Morgan fingerprint density at radius 3 is 2.33 bits per heavy atom. The molecule has 1 saturated heterocycles. The molecule has 3 atom stereocenters. The van der Waals surface area contributed by atoms with Crippen LogP contribution in [0.1, 0.15) is 49.0 Å². The zero-order valence-corrected chi connectivity index (χ0v) is 26.2. The molecule has 1 N–H and O–H groups in total. The number of methoxy groups -OCH3 is 1. The van der Waals surface area contributed by atoms with Crippen molar-refractivity contribution in [2.75, 3.05) is 47.9 Å². The normalized spacial score (nSPS) is 16.1. The van der Waals surface area contributed by atoms with Crippen molar-refractivity contribution in [1.29, 1.82) is 0 Å². The largest absolute Gasteiger partial charge is 0.481 e. The highest BCUT2D eigenvalue weighted by Crippen LogP contribution is 2.24. The van der Waals surface area contributed by atoms with Gasteiger partial charge in [0.1, 0.15) is 11.8 Å². The lowest BCUT2D eigenvalue weighted by atomic mass is 10.0. The number of rotatable bonds is 14. The number of nitrogens with zero attached hydrogens (tertiary/aromatic N) is 3. The molecule has 0 aromatic heterocycles. The standard InChI is InChI=1S/C33H46N4O6/c1-23(2)19-27(34-31(39)26-16-10-11-17-29(26)43-22-30(38)42-6)32(40)37-18-12-15-25(37)21-36(5)28(33(41)35(3)4)20-24-13-8-7-9-14-24/h7-11,13-14,16-17,23,25,27-28H,12,15,18-22H2,1-6H3,(H,34,39)/t25-,27-,28+/m1/s1. The molecule has 10 heteroatoms. The van der Waals surface area contributed by atoms with Gasteiger partial charge in [0.2, 0.25) is 11.8 Å². The van der Waals surface area contributed by atoms with E-state index >= 15 is 0 Å². The van der Waals surface area contributed by atoms with Crippen molar-refractivity contribution in [3.63, 3.8) is 0 Å². The molecule has 1 aliphatic rings. The van der Waals surface area contributed by atoms with Crippen molar-refractivity contribution >= 4 is 23.7 Å². The maximum Gasteiger partial charge on any atom is 0.343 e.